The minimum atomic E-state index is -0.750. The van der Waals surface area contributed by atoms with Crippen LogP contribution in [0.15, 0.2) is 0 Å². The number of aliphatic hydroxyl groups excluding tert-OH is 1. The Hall–Kier alpha value is -0.730. The Morgan fingerprint density at radius 1 is 0.484 bits per heavy atom. The first-order valence-electron chi connectivity index (χ1n) is 28.0. The molecule has 0 radical (unpaired) electrons. The summed E-state index contributed by atoms with van der Waals surface area (Å²) in [6.07, 6.45) is 44.7. The molecule has 7 heteroatoms. The standard InChI is InChI=1S/C55H111N3O4/c1-6-10-14-18-22-24-28-32-38-52(36-30-26-20-16-12-8-3)50-61-54(59)40-44-57(42-34-35-43-58-48-46-56(5)47-49-58)45-41-55(60)62-51-53(37-31-27-21-17-13-9-4)39-33-29-25-23-19-15-11-7-2/h52-54,59H,6-51H2,1-5H3. The van der Waals surface area contributed by atoms with Crippen LogP contribution in [0.4, 0.5) is 0 Å². The summed E-state index contributed by atoms with van der Waals surface area (Å²) in [5, 5.41) is 11.1. The van der Waals surface area contributed by atoms with Gasteiger partial charge in [-0.05, 0) is 70.5 Å². The highest BCUT2D eigenvalue weighted by Gasteiger charge is 2.18. The van der Waals surface area contributed by atoms with Crippen LogP contribution in [0.5, 0.6) is 0 Å². The lowest BCUT2D eigenvalue weighted by atomic mass is 9.94. The molecule has 1 rings (SSSR count). The molecule has 1 aliphatic rings. The van der Waals surface area contributed by atoms with E-state index in [0.29, 0.717) is 44.4 Å². The summed E-state index contributed by atoms with van der Waals surface area (Å²) in [6, 6.07) is 0. The third-order valence-electron chi connectivity index (χ3n) is 14.0. The van der Waals surface area contributed by atoms with Gasteiger partial charge in [0.05, 0.1) is 19.6 Å². The molecule has 1 saturated heterocycles. The summed E-state index contributed by atoms with van der Waals surface area (Å²) < 4.78 is 12.3. The fourth-order valence-corrected chi connectivity index (χ4v) is 9.42. The summed E-state index contributed by atoms with van der Waals surface area (Å²) >= 11 is 0. The number of rotatable bonds is 48. The Morgan fingerprint density at radius 3 is 1.32 bits per heavy atom. The Bertz CT molecular complexity index is 915. The van der Waals surface area contributed by atoms with Gasteiger partial charge >= 0.3 is 5.97 Å². The number of carbonyl (C=O) groups excluding carboxylic acids is 1. The van der Waals surface area contributed by atoms with Gasteiger partial charge in [-0.1, -0.05) is 207 Å². The smallest absolute Gasteiger partial charge is 0.307 e. The lowest BCUT2D eigenvalue weighted by Gasteiger charge is -2.32. The fraction of sp³-hybridized carbons (Fsp3) is 0.982. The van der Waals surface area contributed by atoms with Crippen LogP contribution in [0.3, 0.4) is 0 Å². The van der Waals surface area contributed by atoms with Crippen molar-refractivity contribution in [3.8, 4) is 0 Å². The van der Waals surface area contributed by atoms with Crippen molar-refractivity contribution < 1.29 is 19.4 Å². The molecule has 0 bridgehead atoms. The van der Waals surface area contributed by atoms with Gasteiger partial charge in [-0.3, -0.25) is 4.79 Å². The number of unbranched alkanes of at least 4 members (excludes halogenated alkanes) is 25. The first-order valence-corrected chi connectivity index (χ1v) is 28.0. The van der Waals surface area contributed by atoms with Crippen LogP contribution in [-0.4, -0.2) is 105 Å². The molecule has 0 aliphatic carbocycles. The monoisotopic (exact) mass is 878 g/mol. The first kappa shape index (κ1) is 59.3. The molecular formula is C55H111N3O4. The van der Waals surface area contributed by atoms with Gasteiger partial charge in [0, 0.05) is 45.7 Å². The third kappa shape index (κ3) is 38.5. The van der Waals surface area contributed by atoms with Gasteiger partial charge in [-0.2, -0.15) is 0 Å². The highest BCUT2D eigenvalue weighted by Crippen LogP contribution is 2.22. The fourth-order valence-electron chi connectivity index (χ4n) is 9.42. The van der Waals surface area contributed by atoms with E-state index in [2.05, 4.69) is 49.4 Å². The molecule has 0 spiro atoms. The molecule has 0 saturated carbocycles. The van der Waals surface area contributed by atoms with Gasteiger partial charge in [0.1, 0.15) is 0 Å². The van der Waals surface area contributed by atoms with Crippen molar-refractivity contribution in [2.45, 2.75) is 265 Å². The molecule has 62 heavy (non-hydrogen) atoms. The normalized spacial score (nSPS) is 15.4. The molecule has 0 aromatic rings. The van der Waals surface area contributed by atoms with E-state index < -0.39 is 6.29 Å². The molecule has 3 atom stereocenters. The molecule has 1 heterocycles. The number of hydrogen-bond acceptors (Lipinski definition) is 7. The summed E-state index contributed by atoms with van der Waals surface area (Å²) in [5.74, 6) is 0.979. The zero-order valence-corrected chi connectivity index (χ0v) is 42.8. The van der Waals surface area contributed by atoms with E-state index in [-0.39, 0.29) is 5.97 Å². The number of ether oxygens (including phenoxy) is 2. The second kappa shape index (κ2) is 45.4. The number of piperazine rings is 1. The van der Waals surface area contributed by atoms with Crippen molar-refractivity contribution in [3.63, 3.8) is 0 Å². The Labute approximate surface area is 388 Å². The second-order valence-corrected chi connectivity index (χ2v) is 20.1. The minimum absolute atomic E-state index is 0.0494. The van der Waals surface area contributed by atoms with E-state index >= 15 is 0 Å². The first-order chi connectivity index (χ1) is 30.4. The van der Waals surface area contributed by atoms with Crippen molar-refractivity contribution in [2.75, 3.05) is 72.6 Å². The van der Waals surface area contributed by atoms with E-state index in [0.717, 1.165) is 52.2 Å². The highest BCUT2D eigenvalue weighted by atomic mass is 16.6. The molecule has 370 valence electrons. The quantitative estimate of drug-likeness (QED) is 0.0371. The van der Waals surface area contributed by atoms with Crippen molar-refractivity contribution in [1.82, 2.24) is 14.7 Å². The van der Waals surface area contributed by atoms with Crippen molar-refractivity contribution in [3.05, 3.63) is 0 Å². The number of esters is 1. The lowest BCUT2D eigenvalue weighted by molar-refractivity contribution is -0.145. The minimum Gasteiger partial charge on any atom is -0.465 e. The molecule has 1 aliphatic heterocycles. The van der Waals surface area contributed by atoms with E-state index in [9.17, 15) is 9.90 Å². The molecule has 7 nitrogen and oxygen atoms in total. The van der Waals surface area contributed by atoms with Crippen LogP contribution in [0.25, 0.3) is 0 Å². The number of likely N-dealkylation sites (N-methyl/N-ethyl adjacent to an activating group) is 1. The summed E-state index contributed by atoms with van der Waals surface area (Å²) in [6.45, 7) is 18.6. The van der Waals surface area contributed by atoms with Gasteiger partial charge in [0.25, 0.3) is 0 Å². The predicted octanol–water partition coefficient (Wildman–Crippen LogP) is 14.8. The summed E-state index contributed by atoms with van der Waals surface area (Å²) in [7, 11) is 2.22. The van der Waals surface area contributed by atoms with Gasteiger partial charge in [0.2, 0.25) is 0 Å². The molecule has 0 aromatic heterocycles. The number of aliphatic hydroxyl groups is 1. The molecule has 3 unspecified atom stereocenters. The maximum absolute atomic E-state index is 13.3. The zero-order valence-electron chi connectivity index (χ0n) is 42.8. The average molecular weight is 879 g/mol. The molecule has 0 aromatic carbocycles. The maximum atomic E-state index is 13.3. The molecular weight excluding hydrogens is 767 g/mol. The molecule has 1 N–H and O–H groups in total. The van der Waals surface area contributed by atoms with Crippen LogP contribution < -0.4 is 0 Å². The maximum Gasteiger partial charge on any atom is 0.307 e. The van der Waals surface area contributed by atoms with Crippen LogP contribution in [0.1, 0.15) is 259 Å². The average Bonchev–Trinajstić information content (AvgIpc) is 3.28. The third-order valence-corrected chi connectivity index (χ3v) is 14.0. The van der Waals surface area contributed by atoms with Crippen LogP contribution >= 0.6 is 0 Å². The van der Waals surface area contributed by atoms with Crippen LogP contribution in [0.2, 0.25) is 0 Å². The van der Waals surface area contributed by atoms with E-state index in [1.807, 2.05) is 0 Å². The van der Waals surface area contributed by atoms with E-state index in [4.69, 9.17) is 9.47 Å². The van der Waals surface area contributed by atoms with Gasteiger partial charge in [0.15, 0.2) is 6.29 Å². The van der Waals surface area contributed by atoms with Crippen molar-refractivity contribution in [2.24, 2.45) is 11.8 Å². The second-order valence-electron chi connectivity index (χ2n) is 20.1. The van der Waals surface area contributed by atoms with Crippen molar-refractivity contribution in [1.29, 1.82) is 0 Å². The van der Waals surface area contributed by atoms with E-state index in [1.54, 1.807) is 0 Å². The van der Waals surface area contributed by atoms with Crippen LogP contribution in [0, 0.1) is 11.8 Å². The molecule has 0 amide bonds. The summed E-state index contributed by atoms with van der Waals surface area (Å²) in [4.78, 5) is 20.7. The number of nitrogens with zero attached hydrogens (tertiary/aromatic N) is 3. The van der Waals surface area contributed by atoms with Crippen LogP contribution in [-0.2, 0) is 14.3 Å². The van der Waals surface area contributed by atoms with Gasteiger partial charge < -0.3 is 29.3 Å². The Balaban J connectivity index is 2.68. The topological polar surface area (TPSA) is 65.5 Å². The highest BCUT2D eigenvalue weighted by molar-refractivity contribution is 5.69. The number of carbonyl (C=O) groups is 1. The van der Waals surface area contributed by atoms with Crippen molar-refractivity contribution >= 4 is 5.97 Å². The number of hydrogen-bond donors (Lipinski definition) is 1. The van der Waals surface area contributed by atoms with E-state index in [1.165, 1.54) is 212 Å². The Kier molecular flexibility index (Phi) is 43.4. The largest absolute Gasteiger partial charge is 0.465 e. The lowest BCUT2D eigenvalue weighted by Crippen LogP contribution is -2.44. The zero-order chi connectivity index (χ0) is 45.0. The van der Waals surface area contributed by atoms with Gasteiger partial charge in [-0.15, -0.1) is 0 Å². The SMILES string of the molecule is CCCCCCCCCCC(CCCCCCCC)COC(=O)CCN(CCCCN1CCN(C)CC1)CCC(O)OCC(CCCCCCCC)CCCCCCCCCC. The molecule has 1 fully saturated rings. The predicted molar refractivity (Wildman–Crippen MR) is 269 cm³/mol. The Morgan fingerprint density at radius 2 is 0.887 bits per heavy atom. The summed E-state index contributed by atoms with van der Waals surface area (Å²) in [5.41, 5.74) is 0. The van der Waals surface area contributed by atoms with Gasteiger partial charge in [-0.25, -0.2) is 0 Å².